The van der Waals surface area contributed by atoms with Crippen LogP contribution >= 0.6 is 0 Å². The van der Waals surface area contributed by atoms with Crippen molar-refractivity contribution in [3.05, 3.63) is 102 Å². The van der Waals surface area contributed by atoms with E-state index >= 15 is 0 Å². The second kappa shape index (κ2) is 16.3. The highest BCUT2D eigenvalue weighted by atomic mass is 16.5. The van der Waals surface area contributed by atoms with E-state index in [-0.39, 0.29) is 23.9 Å². The summed E-state index contributed by atoms with van der Waals surface area (Å²) in [6.07, 6.45) is 10.5. The molecule has 3 aromatic heterocycles. The van der Waals surface area contributed by atoms with Crippen LogP contribution in [0, 0.1) is 0 Å². The molecule has 2 aromatic carbocycles. The summed E-state index contributed by atoms with van der Waals surface area (Å²) < 4.78 is 10.9. The Morgan fingerprint density at radius 1 is 0.836 bits per heavy atom. The first-order valence-electron chi connectivity index (χ1n) is 19.2. The van der Waals surface area contributed by atoms with Crippen LogP contribution in [0.2, 0.25) is 0 Å². The highest BCUT2D eigenvalue weighted by Gasteiger charge is 2.37. The number of benzene rings is 2. The first kappa shape index (κ1) is 36.2. The van der Waals surface area contributed by atoms with E-state index in [2.05, 4.69) is 68.8 Å². The summed E-state index contributed by atoms with van der Waals surface area (Å²) in [4.78, 5) is 63.6. The van der Waals surface area contributed by atoms with Crippen molar-refractivity contribution in [1.82, 2.24) is 40.0 Å². The van der Waals surface area contributed by atoms with Gasteiger partial charge in [-0.2, -0.15) is 0 Å². The molecule has 3 aliphatic rings. The quantitative estimate of drug-likeness (QED) is 0.170. The average Bonchev–Trinajstić information content (AvgIpc) is 4.05. The fourth-order valence-corrected chi connectivity index (χ4v) is 8.07. The number of hydrogen-bond donors (Lipinski definition) is 3. The molecule has 284 valence electrons. The number of rotatable bonds is 7. The van der Waals surface area contributed by atoms with Gasteiger partial charge in [0, 0.05) is 37.7 Å². The first-order chi connectivity index (χ1) is 26.9. The summed E-state index contributed by atoms with van der Waals surface area (Å²) in [6, 6.07) is 19.6. The van der Waals surface area contributed by atoms with Crippen LogP contribution < -0.4 is 5.32 Å². The van der Waals surface area contributed by atoms with E-state index in [4.69, 9.17) is 19.4 Å². The van der Waals surface area contributed by atoms with Gasteiger partial charge >= 0.3 is 6.09 Å². The Labute approximate surface area is 319 Å². The van der Waals surface area contributed by atoms with Crippen molar-refractivity contribution in [3.8, 4) is 33.6 Å². The van der Waals surface area contributed by atoms with Gasteiger partial charge in [-0.25, -0.2) is 14.8 Å². The molecule has 0 aliphatic carbocycles. The second-order valence-corrected chi connectivity index (χ2v) is 14.5. The topological polar surface area (TPSA) is 158 Å². The molecule has 0 radical (unpaired) electrons. The minimum atomic E-state index is -0.662. The van der Waals surface area contributed by atoms with Crippen molar-refractivity contribution in [1.29, 1.82) is 0 Å². The van der Waals surface area contributed by atoms with Gasteiger partial charge in [-0.1, -0.05) is 48.5 Å². The number of nitrogens with one attached hydrogen (secondary N) is 3. The predicted octanol–water partition coefficient (Wildman–Crippen LogP) is 6.52. The maximum Gasteiger partial charge on any atom is 0.407 e. The largest absolute Gasteiger partial charge is 0.453 e. The van der Waals surface area contributed by atoms with E-state index < -0.39 is 12.1 Å². The molecule has 13 nitrogen and oxygen atoms in total. The third-order valence-electron chi connectivity index (χ3n) is 11.0. The molecule has 3 N–H and O–H groups in total. The Hall–Kier alpha value is -5.82. The fourth-order valence-electron chi connectivity index (χ4n) is 8.07. The molecule has 2 fully saturated rings. The summed E-state index contributed by atoms with van der Waals surface area (Å²) in [5.74, 6) is 1.54. The highest BCUT2D eigenvalue weighted by molar-refractivity contribution is 5.86. The third kappa shape index (κ3) is 7.88. The number of carbonyl (C=O) groups excluding carboxylic acids is 3. The van der Waals surface area contributed by atoms with Crippen molar-refractivity contribution >= 4 is 17.9 Å². The zero-order valence-electron chi connectivity index (χ0n) is 31.0. The molecule has 3 amide bonds. The van der Waals surface area contributed by atoms with E-state index in [0.717, 1.165) is 102 Å². The van der Waals surface area contributed by atoms with Crippen molar-refractivity contribution in [2.75, 3.05) is 26.8 Å². The average molecular weight is 743 g/mol. The van der Waals surface area contributed by atoms with Gasteiger partial charge in [0.2, 0.25) is 11.8 Å². The number of alkyl carbamates (subject to hydrolysis) is 1. The summed E-state index contributed by atoms with van der Waals surface area (Å²) >= 11 is 0. The van der Waals surface area contributed by atoms with Gasteiger partial charge in [0.25, 0.3) is 0 Å². The van der Waals surface area contributed by atoms with Gasteiger partial charge in [-0.05, 0) is 79.3 Å². The lowest BCUT2D eigenvalue weighted by Gasteiger charge is -2.28. The highest BCUT2D eigenvalue weighted by Crippen LogP contribution is 2.36. The van der Waals surface area contributed by atoms with E-state index in [0.29, 0.717) is 32.6 Å². The minimum absolute atomic E-state index is 0.0633. The van der Waals surface area contributed by atoms with E-state index in [1.54, 1.807) is 12.4 Å². The molecule has 8 rings (SSSR count). The fraction of sp³-hybridized carbons (Fsp3) is 0.381. The Balaban J connectivity index is 0.966. The molecule has 13 heteroatoms. The number of hydrogen-bond acceptors (Lipinski definition) is 8. The van der Waals surface area contributed by atoms with Gasteiger partial charge in [-0.15, -0.1) is 0 Å². The van der Waals surface area contributed by atoms with E-state index in [1.807, 2.05) is 28.1 Å². The monoisotopic (exact) mass is 742 g/mol. The van der Waals surface area contributed by atoms with Crippen molar-refractivity contribution in [2.24, 2.45) is 0 Å². The van der Waals surface area contributed by atoms with Crippen LogP contribution in [-0.2, 0) is 32.1 Å². The predicted molar refractivity (Wildman–Crippen MR) is 205 cm³/mol. The molecule has 3 aliphatic heterocycles. The molecule has 2 bridgehead atoms. The molecule has 3 atom stereocenters. The summed E-state index contributed by atoms with van der Waals surface area (Å²) in [7, 11) is 1.31. The third-order valence-corrected chi connectivity index (χ3v) is 11.0. The number of carbonyl (C=O) groups is 3. The zero-order valence-corrected chi connectivity index (χ0v) is 31.0. The van der Waals surface area contributed by atoms with Crippen LogP contribution in [0.5, 0.6) is 0 Å². The standard InChI is InChI=1S/C42H46N8O5/c1-54-42(53)47-32-6-2-3-23-55-26-34-38(48-40(46-34)36-8-5-22-50(36)41(32)52)31-15-11-29(12-16-31)28-9-13-30(14-10-28)33-25-44-39(45-33)35-7-4-21-49(35)37(51)24-27-17-19-43-20-18-27/h9-20,25,32,35-36H,2-8,21-24,26H2,1H3,(H,44,45)(H,46,48)(H,47,53)/t32-,35-,36-/m0/s1. The first-order valence-corrected chi connectivity index (χ1v) is 19.2. The molecule has 55 heavy (non-hydrogen) atoms. The van der Waals surface area contributed by atoms with Crippen molar-refractivity contribution in [2.45, 2.75) is 76.1 Å². The van der Waals surface area contributed by atoms with Gasteiger partial charge in [0.05, 0.1) is 55.5 Å². The van der Waals surface area contributed by atoms with E-state index in [9.17, 15) is 14.4 Å². The van der Waals surface area contributed by atoms with Crippen LogP contribution in [0.3, 0.4) is 0 Å². The maximum atomic E-state index is 13.7. The van der Waals surface area contributed by atoms with Crippen LogP contribution in [0.1, 0.15) is 79.9 Å². The maximum absolute atomic E-state index is 13.7. The number of aromatic nitrogens is 5. The number of H-pyrrole nitrogens is 2. The number of nitrogens with zero attached hydrogens (tertiary/aromatic N) is 5. The van der Waals surface area contributed by atoms with Crippen molar-refractivity contribution < 1.29 is 23.9 Å². The Morgan fingerprint density at radius 3 is 2.31 bits per heavy atom. The smallest absolute Gasteiger partial charge is 0.407 e. The lowest BCUT2D eigenvalue weighted by molar-refractivity contribution is -0.134. The molecule has 0 spiro atoms. The molecule has 0 saturated carbocycles. The second-order valence-electron chi connectivity index (χ2n) is 14.5. The molecular weight excluding hydrogens is 697 g/mol. The lowest BCUT2D eigenvalue weighted by atomic mass is 10.0. The summed E-state index contributed by atoms with van der Waals surface area (Å²) in [5.41, 5.74) is 7.70. The minimum Gasteiger partial charge on any atom is -0.453 e. The molecular formula is C42H46N8O5. The van der Waals surface area contributed by atoms with Crippen LogP contribution in [0.25, 0.3) is 33.6 Å². The number of imidazole rings is 2. The Kier molecular flexibility index (Phi) is 10.7. The number of methoxy groups -OCH3 is 1. The van der Waals surface area contributed by atoms with Gasteiger partial charge in [0.15, 0.2) is 0 Å². The number of amides is 3. The lowest BCUT2D eigenvalue weighted by Crippen LogP contribution is -2.48. The Bertz CT molecular complexity index is 2110. The SMILES string of the molecule is COC(=O)N[C@H]1CCCCOCc2[nH]c(nc2-c2ccc(-c3ccc(-c4cnc([C@@H]5CCCN5C(=O)Cc5ccncc5)[nH]4)cc3)cc2)[C@@H]2CCCN2C1=O. The van der Waals surface area contributed by atoms with Gasteiger partial charge in [0.1, 0.15) is 17.7 Å². The molecule has 2 saturated heterocycles. The van der Waals surface area contributed by atoms with Crippen LogP contribution in [-0.4, -0.2) is 85.5 Å². The normalized spacial score (nSPS) is 20.3. The summed E-state index contributed by atoms with van der Waals surface area (Å²) in [5, 5.41) is 2.75. The number of likely N-dealkylation sites (tertiary alicyclic amines) is 1. The van der Waals surface area contributed by atoms with Gasteiger partial charge < -0.3 is 34.6 Å². The zero-order chi connectivity index (χ0) is 37.7. The number of pyridine rings is 1. The Morgan fingerprint density at radius 2 is 1.55 bits per heavy atom. The molecule has 0 unspecified atom stereocenters. The number of aromatic amines is 2. The van der Waals surface area contributed by atoms with E-state index in [1.165, 1.54) is 7.11 Å². The molecule has 5 aromatic rings. The number of ether oxygens (including phenoxy) is 2. The van der Waals surface area contributed by atoms with Crippen LogP contribution in [0.15, 0.2) is 79.3 Å². The van der Waals surface area contributed by atoms with Gasteiger partial charge in [-0.3, -0.25) is 14.6 Å². The van der Waals surface area contributed by atoms with Crippen LogP contribution in [0.4, 0.5) is 4.79 Å². The van der Waals surface area contributed by atoms with Crippen molar-refractivity contribution in [3.63, 3.8) is 0 Å². The number of fused-ring (bicyclic) bond motifs is 4. The summed E-state index contributed by atoms with van der Waals surface area (Å²) in [6.45, 7) is 2.24. The molecule has 6 heterocycles.